The molecule has 2 heterocycles. The van der Waals surface area contributed by atoms with Crippen molar-refractivity contribution >= 4 is 28.4 Å². The maximum atomic E-state index is 12.3. The van der Waals surface area contributed by atoms with E-state index in [1.807, 2.05) is 31.4 Å². The van der Waals surface area contributed by atoms with Gasteiger partial charge in [0.1, 0.15) is 0 Å². The monoisotopic (exact) mass is 445 g/mol. The molecule has 1 aliphatic carbocycles. The van der Waals surface area contributed by atoms with E-state index in [-0.39, 0.29) is 12.5 Å². The van der Waals surface area contributed by atoms with E-state index >= 15 is 0 Å². The fraction of sp³-hybridized carbons (Fsp3) is 0.333. The second kappa shape index (κ2) is 8.00. The molecule has 33 heavy (non-hydrogen) atoms. The summed E-state index contributed by atoms with van der Waals surface area (Å²) < 4.78 is 1.72. The van der Waals surface area contributed by atoms with Gasteiger partial charge in [-0.05, 0) is 62.4 Å². The van der Waals surface area contributed by atoms with Crippen LogP contribution in [0.25, 0.3) is 22.3 Å². The molecule has 170 valence electrons. The normalized spacial score (nSPS) is 13.9. The first-order chi connectivity index (χ1) is 15.8. The van der Waals surface area contributed by atoms with Crippen LogP contribution in [0.5, 0.6) is 0 Å². The summed E-state index contributed by atoms with van der Waals surface area (Å²) in [6, 6.07) is 11.2. The summed E-state index contributed by atoms with van der Waals surface area (Å²) in [5.41, 5.74) is 3.69. The number of aryl methyl sites for hydroxylation is 1. The van der Waals surface area contributed by atoms with Crippen LogP contribution in [0.15, 0.2) is 42.6 Å². The molecule has 0 aliphatic heterocycles. The third-order valence-corrected chi connectivity index (χ3v) is 5.75. The molecule has 9 heteroatoms. The lowest BCUT2D eigenvalue weighted by molar-refractivity contribution is 0.0694. The van der Waals surface area contributed by atoms with Gasteiger partial charge in [0.25, 0.3) is 5.91 Å². The third-order valence-electron chi connectivity index (χ3n) is 5.75. The Morgan fingerprint density at radius 1 is 1.21 bits per heavy atom. The highest BCUT2D eigenvalue weighted by molar-refractivity contribution is 5.94. The van der Waals surface area contributed by atoms with Crippen LogP contribution in [-0.4, -0.2) is 48.1 Å². The van der Waals surface area contributed by atoms with Gasteiger partial charge in [0.15, 0.2) is 5.82 Å². The smallest absolute Gasteiger partial charge is 0.251 e. The first-order valence-electron chi connectivity index (χ1n) is 11.0. The zero-order valence-corrected chi connectivity index (χ0v) is 18.9. The first-order valence-corrected chi connectivity index (χ1v) is 11.0. The molecule has 4 N–H and O–H groups in total. The summed E-state index contributed by atoms with van der Waals surface area (Å²) in [6.45, 7) is 3.48. The lowest BCUT2D eigenvalue weighted by atomic mass is 10.0. The number of H-pyrrole nitrogens is 1. The van der Waals surface area contributed by atoms with E-state index < -0.39 is 5.60 Å². The van der Waals surface area contributed by atoms with Gasteiger partial charge in [0.05, 0.1) is 17.3 Å². The van der Waals surface area contributed by atoms with E-state index in [2.05, 4.69) is 32.0 Å². The van der Waals surface area contributed by atoms with Crippen molar-refractivity contribution in [2.75, 3.05) is 11.9 Å². The molecule has 0 saturated heterocycles. The Bertz CT molecular complexity index is 1310. The summed E-state index contributed by atoms with van der Waals surface area (Å²) >= 11 is 0. The van der Waals surface area contributed by atoms with Gasteiger partial charge >= 0.3 is 0 Å². The second-order valence-corrected chi connectivity index (χ2v) is 9.21. The molecule has 2 aromatic carbocycles. The topological polar surface area (TPSA) is 121 Å². The Morgan fingerprint density at radius 2 is 1.97 bits per heavy atom. The van der Waals surface area contributed by atoms with Crippen LogP contribution in [-0.2, 0) is 7.05 Å². The Hall–Kier alpha value is -3.72. The SMILES string of the molecule is Cn1nc(-c2ccc(C(=O)NCC(C)(C)O)cc2)nc1Nc1ccc2[nH]ncc2c1C1CC1. The number of anilines is 2. The molecule has 0 spiro atoms. The number of benzene rings is 2. The maximum absolute atomic E-state index is 12.3. The lowest BCUT2D eigenvalue weighted by Crippen LogP contribution is -2.38. The minimum absolute atomic E-state index is 0.178. The molecule has 4 aromatic rings. The fourth-order valence-corrected chi connectivity index (χ4v) is 3.87. The van der Waals surface area contributed by atoms with Crippen LogP contribution < -0.4 is 10.6 Å². The molecule has 9 nitrogen and oxygen atoms in total. The van der Waals surface area contributed by atoms with Crippen molar-refractivity contribution in [3.63, 3.8) is 0 Å². The van der Waals surface area contributed by atoms with Crippen LogP contribution in [0.4, 0.5) is 11.6 Å². The van der Waals surface area contributed by atoms with E-state index in [4.69, 9.17) is 4.98 Å². The molecule has 0 bridgehead atoms. The van der Waals surface area contributed by atoms with E-state index in [9.17, 15) is 9.90 Å². The number of aromatic nitrogens is 5. The maximum Gasteiger partial charge on any atom is 0.251 e. The molecule has 1 aliphatic rings. The number of nitrogens with zero attached hydrogens (tertiary/aromatic N) is 4. The predicted octanol–water partition coefficient (Wildman–Crippen LogP) is 3.48. The highest BCUT2D eigenvalue weighted by atomic mass is 16.3. The molecule has 1 saturated carbocycles. The summed E-state index contributed by atoms with van der Waals surface area (Å²) in [5, 5.41) is 28.9. The Kier molecular flexibility index (Phi) is 5.13. The lowest BCUT2D eigenvalue weighted by Gasteiger charge is -2.17. The minimum atomic E-state index is -0.960. The Balaban J connectivity index is 1.36. The second-order valence-electron chi connectivity index (χ2n) is 9.21. The van der Waals surface area contributed by atoms with Crippen LogP contribution >= 0.6 is 0 Å². The van der Waals surface area contributed by atoms with Crippen molar-refractivity contribution in [3.05, 3.63) is 53.7 Å². The number of fused-ring (bicyclic) bond motifs is 1. The number of rotatable bonds is 7. The molecular formula is C24H27N7O2. The molecule has 0 atom stereocenters. The molecule has 2 aromatic heterocycles. The Morgan fingerprint density at radius 3 is 2.67 bits per heavy atom. The average molecular weight is 446 g/mol. The summed E-state index contributed by atoms with van der Waals surface area (Å²) in [6.07, 6.45) is 4.24. The quantitative estimate of drug-likeness (QED) is 0.346. The van der Waals surface area contributed by atoms with Crippen molar-refractivity contribution in [1.29, 1.82) is 0 Å². The summed E-state index contributed by atoms with van der Waals surface area (Å²) in [5.74, 6) is 1.52. The number of amides is 1. The Labute approximate surface area is 191 Å². The number of aliphatic hydroxyl groups is 1. The van der Waals surface area contributed by atoms with Gasteiger partial charge in [0, 0.05) is 35.8 Å². The molecule has 1 amide bonds. The largest absolute Gasteiger partial charge is 0.389 e. The fourth-order valence-electron chi connectivity index (χ4n) is 3.87. The number of hydrogen-bond acceptors (Lipinski definition) is 6. The van der Waals surface area contributed by atoms with E-state index in [1.54, 1.807) is 30.7 Å². The van der Waals surface area contributed by atoms with Crippen molar-refractivity contribution in [1.82, 2.24) is 30.3 Å². The number of carbonyl (C=O) groups is 1. The highest BCUT2D eigenvalue weighted by Gasteiger charge is 2.29. The van der Waals surface area contributed by atoms with E-state index in [0.717, 1.165) is 22.2 Å². The third kappa shape index (κ3) is 4.45. The number of aromatic amines is 1. The van der Waals surface area contributed by atoms with Crippen LogP contribution in [0, 0.1) is 0 Å². The van der Waals surface area contributed by atoms with Crippen molar-refractivity contribution in [2.24, 2.45) is 7.05 Å². The summed E-state index contributed by atoms with van der Waals surface area (Å²) in [4.78, 5) is 17.0. The van der Waals surface area contributed by atoms with Gasteiger partial charge in [0.2, 0.25) is 5.95 Å². The highest BCUT2D eigenvalue weighted by Crippen LogP contribution is 2.47. The van der Waals surface area contributed by atoms with Gasteiger partial charge in [-0.15, -0.1) is 5.10 Å². The van der Waals surface area contributed by atoms with Gasteiger partial charge in [-0.1, -0.05) is 12.1 Å². The molecule has 0 radical (unpaired) electrons. The van der Waals surface area contributed by atoms with E-state index in [0.29, 0.717) is 23.3 Å². The number of carbonyl (C=O) groups excluding carboxylic acids is 1. The predicted molar refractivity (Wildman–Crippen MR) is 126 cm³/mol. The average Bonchev–Trinajstić information content (AvgIpc) is 3.39. The van der Waals surface area contributed by atoms with E-state index in [1.165, 1.54) is 18.4 Å². The number of nitrogens with one attached hydrogen (secondary N) is 3. The molecule has 5 rings (SSSR count). The van der Waals surface area contributed by atoms with Gasteiger partial charge in [-0.3, -0.25) is 9.89 Å². The molecule has 1 fully saturated rings. The summed E-state index contributed by atoms with van der Waals surface area (Å²) in [7, 11) is 1.85. The number of hydrogen-bond donors (Lipinski definition) is 4. The van der Waals surface area contributed by atoms with Crippen LogP contribution in [0.2, 0.25) is 0 Å². The first kappa shape index (κ1) is 21.1. The zero-order chi connectivity index (χ0) is 23.2. The van der Waals surface area contributed by atoms with Gasteiger partial charge < -0.3 is 15.7 Å². The minimum Gasteiger partial charge on any atom is -0.389 e. The zero-order valence-electron chi connectivity index (χ0n) is 18.9. The molecule has 0 unspecified atom stereocenters. The van der Waals surface area contributed by atoms with Crippen molar-refractivity contribution < 1.29 is 9.90 Å². The van der Waals surface area contributed by atoms with Crippen molar-refractivity contribution in [3.8, 4) is 11.4 Å². The van der Waals surface area contributed by atoms with Crippen LogP contribution in [0.3, 0.4) is 0 Å². The molecular weight excluding hydrogens is 418 g/mol. The van der Waals surface area contributed by atoms with Gasteiger partial charge in [-0.25, -0.2) is 4.68 Å². The standard InChI is InChI=1S/C24H27N7O2/c1-24(2,33)13-25-22(32)16-8-6-15(7-9-16)21-28-23(31(3)30-21)27-19-11-10-18-17(12-26-29-18)20(19)14-4-5-14/h6-12,14,33H,4-5,13H2,1-3H3,(H,25,32)(H,26,29)(H,27,28,30). The van der Waals surface area contributed by atoms with Crippen molar-refractivity contribution in [2.45, 2.75) is 38.2 Å². The van der Waals surface area contributed by atoms with Gasteiger partial charge in [-0.2, -0.15) is 10.1 Å². The van der Waals surface area contributed by atoms with Crippen LogP contribution in [0.1, 0.15) is 48.5 Å².